The molecule has 1 N–H and O–H groups in total. The molecule has 4 aromatic rings. The normalized spacial score (nSPS) is 12.3. The number of anilines is 1. The molecule has 0 bridgehead atoms. The van der Waals surface area contributed by atoms with Gasteiger partial charge in [0.25, 0.3) is 0 Å². The van der Waals surface area contributed by atoms with Crippen LogP contribution in [0.3, 0.4) is 0 Å². The number of hydrogen-bond donors (Lipinski definition) is 1. The van der Waals surface area contributed by atoms with Crippen molar-refractivity contribution in [2.45, 2.75) is 46.7 Å². The maximum atomic E-state index is 5.81. The maximum absolute atomic E-state index is 5.81. The molecular weight excluding hydrogens is 390 g/mol. The SMILES string of the molecule is CCOc1cnccc1-c1cc(NCc2cnn(C)c2)c2c(n1)c(C)nn2C(C)CC. The van der Waals surface area contributed by atoms with E-state index in [-0.39, 0.29) is 6.04 Å². The van der Waals surface area contributed by atoms with Crippen LogP contribution in [0.25, 0.3) is 22.3 Å². The lowest BCUT2D eigenvalue weighted by atomic mass is 10.1. The molecule has 0 radical (unpaired) electrons. The number of nitrogens with one attached hydrogen (secondary N) is 1. The van der Waals surface area contributed by atoms with Gasteiger partial charge in [-0.2, -0.15) is 10.2 Å². The predicted octanol–water partition coefficient (Wildman–Crippen LogP) is 4.52. The molecule has 0 aliphatic heterocycles. The molecule has 0 spiro atoms. The van der Waals surface area contributed by atoms with Gasteiger partial charge in [0.15, 0.2) is 0 Å². The van der Waals surface area contributed by atoms with E-state index in [1.807, 2.05) is 44.0 Å². The highest BCUT2D eigenvalue weighted by atomic mass is 16.5. The summed E-state index contributed by atoms with van der Waals surface area (Å²) in [6.07, 6.45) is 8.38. The third kappa shape index (κ3) is 4.10. The number of nitrogens with zero attached hydrogens (tertiary/aromatic N) is 6. The van der Waals surface area contributed by atoms with Crippen LogP contribution in [-0.2, 0) is 13.6 Å². The summed E-state index contributed by atoms with van der Waals surface area (Å²) in [6.45, 7) is 9.56. The first-order valence-corrected chi connectivity index (χ1v) is 10.7. The minimum absolute atomic E-state index is 0.266. The Morgan fingerprint density at radius 1 is 1.23 bits per heavy atom. The van der Waals surface area contributed by atoms with E-state index in [1.54, 1.807) is 12.4 Å². The quantitative estimate of drug-likeness (QED) is 0.452. The van der Waals surface area contributed by atoms with Crippen LogP contribution in [0.4, 0.5) is 5.69 Å². The van der Waals surface area contributed by atoms with E-state index in [0.717, 1.165) is 51.4 Å². The molecule has 0 saturated carbocycles. The van der Waals surface area contributed by atoms with E-state index >= 15 is 0 Å². The van der Waals surface area contributed by atoms with Gasteiger partial charge in [0.05, 0.1) is 36.1 Å². The zero-order chi connectivity index (χ0) is 22.0. The van der Waals surface area contributed by atoms with Gasteiger partial charge in [-0.1, -0.05) is 6.92 Å². The van der Waals surface area contributed by atoms with Crippen LogP contribution in [0.5, 0.6) is 5.75 Å². The summed E-state index contributed by atoms with van der Waals surface area (Å²) in [5.74, 6) is 0.724. The molecule has 0 aliphatic rings. The molecule has 1 atom stereocenters. The number of rotatable bonds is 8. The summed E-state index contributed by atoms with van der Waals surface area (Å²) in [5, 5.41) is 12.7. The van der Waals surface area contributed by atoms with Crippen molar-refractivity contribution >= 4 is 16.7 Å². The van der Waals surface area contributed by atoms with Crippen LogP contribution >= 0.6 is 0 Å². The Labute approximate surface area is 182 Å². The van der Waals surface area contributed by atoms with Gasteiger partial charge in [-0.25, -0.2) is 4.98 Å². The maximum Gasteiger partial charge on any atom is 0.146 e. The van der Waals surface area contributed by atoms with Crippen LogP contribution in [0.1, 0.15) is 44.5 Å². The molecule has 4 rings (SSSR count). The molecule has 0 fully saturated rings. The van der Waals surface area contributed by atoms with E-state index in [1.165, 1.54) is 0 Å². The lowest BCUT2D eigenvalue weighted by Gasteiger charge is -2.16. The topological polar surface area (TPSA) is 82.7 Å². The van der Waals surface area contributed by atoms with Gasteiger partial charge in [0.2, 0.25) is 0 Å². The van der Waals surface area contributed by atoms with Crippen LogP contribution in [0.2, 0.25) is 0 Å². The van der Waals surface area contributed by atoms with Gasteiger partial charge >= 0.3 is 0 Å². The minimum atomic E-state index is 0.266. The highest BCUT2D eigenvalue weighted by Gasteiger charge is 2.20. The Kier molecular flexibility index (Phi) is 5.88. The van der Waals surface area contributed by atoms with Gasteiger partial charge < -0.3 is 10.1 Å². The molecule has 0 amide bonds. The highest BCUT2D eigenvalue weighted by molar-refractivity contribution is 5.93. The fourth-order valence-electron chi connectivity index (χ4n) is 3.67. The zero-order valence-electron chi connectivity index (χ0n) is 18.8. The molecule has 4 heterocycles. The second kappa shape index (κ2) is 8.75. The van der Waals surface area contributed by atoms with Gasteiger partial charge in [-0.15, -0.1) is 0 Å². The van der Waals surface area contributed by atoms with Crippen molar-refractivity contribution in [3.05, 3.63) is 48.2 Å². The lowest BCUT2D eigenvalue weighted by molar-refractivity contribution is 0.340. The summed E-state index contributed by atoms with van der Waals surface area (Å²) < 4.78 is 9.71. The lowest BCUT2D eigenvalue weighted by Crippen LogP contribution is -2.09. The number of fused-ring (bicyclic) bond motifs is 1. The first-order valence-electron chi connectivity index (χ1n) is 10.7. The monoisotopic (exact) mass is 419 g/mol. The van der Waals surface area contributed by atoms with Crippen LogP contribution in [-0.4, -0.2) is 36.1 Å². The summed E-state index contributed by atoms with van der Waals surface area (Å²) in [6, 6.07) is 4.29. The third-order valence-corrected chi connectivity index (χ3v) is 5.43. The van der Waals surface area contributed by atoms with Crippen LogP contribution in [0.15, 0.2) is 36.9 Å². The first kappa shape index (κ1) is 20.8. The number of aryl methyl sites for hydroxylation is 2. The molecule has 31 heavy (non-hydrogen) atoms. The second-order valence-electron chi connectivity index (χ2n) is 7.72. The zero-order valence-corrected chi connectivity index (χ0v) is 18.8. The van der Waals surface area contributed by atoms with Gasteiger partial charge in [-0.3, -0.25) is 14.3 Å². The van der Waals surface area contributed by atoms with E-state index in [4.69, 9.17) is 14.8 Å². The summed E-state index contributed by atoms with van der Waals surface area (Å²) in [4.78, 5) is 9.21. The molecule has 162 valence electrons. The van der Waals surface area contributed by atoms with Crippen molar-refractivity contribution in [3.63, 3.8) is 0 Å². The number of ether oxygens (including phenoxy) is 1. The molecule has 4 aromatic heterocycles. The molecule has 8 nitrogen and oxygen atoms in total. The first-order chi connectivity index (χ1) is 15.0. The summed E-state index contributed by atoms with van der Waals surface area (Å²) in [5.41, 5.74) is 6.67. The number of hydrogen-bond acceptors (Lipinski definition) is 6. The minimum Gasteiger partial charge on any atom is -0.492 e. The largest absolute Gasteiger partial charge is 0.492 e. The van der Waals surface area contributed by atoms with Crippen LogP contribution < -0.4 is 10.1 Å². The average molecular weight is 420 g/mol. The van der Waals surface area contributed by atoms with E-state index in [9.17, 15) is 0 Å². The van der Waals surface area contributed by atoms with E-state index in [2.05, 4.69) is 40.0 Å². The van der Waals surface area contributed by atoms with Crippen molar-refractivity contribution in [2.75, 3.05) is 11.9 Å². The molecule has 8 heteroatoms. The Hall–Kier alpha value is -3.42. The molecule has 0 aromatic carbocycles. The molecule has 1 unspecified atom stereocenters. The highest BCUT2D eigenvalue weighted by Crippen LogP contribution is 2.35. The standard InChI is InChI=1S/C23H29N7O/c1-6-15(3)30-23-20(25-11-17-12-26-29(5)14-17)10-19(27-22(23)16(4)28-30)18-8-9-24-13-21(18)31-7-2/h8-10,12-15H,6-7,11H2,1-5H3,(H,25,27). The van der Waals surface area contributed by atoms with Crippen molar-refractivity contribution < 1.29 is 4.74 Å². The van der Waals surface area contributed by atoms with Gasteiger partial charge in [0, 0.05) is 43.2 Å². The summed E-state index contributed by atoms with van der Waals surface area (Å²) >= 11 is 0. The van der Waals surface area contributed by atoms with Crippen molar-refractivity contribution in [2.24, 2.45) is 7.05 Å². The Bertz CT molecular complexity index is 1190. The van der Waals surface area contributed by atoms with Gasteiger partial charge in [-0.05, 0) is 39.3 Å². The second-order valence-corrected chi connectivity index (χ2v) is 7.72. The summed E-state index contributed by atoms with van der Waals surface area (Å²) in [7, 11) is 1.92. The average Bonchev–Trinajstić information content (AvgIpc) is 3.35. The fraction of sp³-hybridized carbons (Fsp3) is 0.391. The number of aromatic nitrogens is 6. The number of pyridine rings is 2. The Morgan fingerprint density at radius 2 is 2.06 bits per heavy atom. The van der Waals surface area contributed by atoms with Crippen molar-refractivity contribution in [3.8, 4) is 17.0 Å². The predicted molar refractivity (Wildman–Crippen MR) is 122 cm³/mol. The Balaban J connectivity index is 1.87. The van der Waals surface area contributed by atoms with Crippen molar-refractivity contribution in [1.82, 2.24) is 29.5 Å². The fourth-order valence-corrected chi connectivity index (χ4v) is 3.67. The van der Waals surface area contributed by atoms with Crippen LogP contribution in [0, 0.1) is 6.92 Å². The molecular formula is C23H29N7O. The molecule has 0 saturated heterocycles. The van der Waals surface area contributed by atoms with Gasteiger partial charge in [0.1, 0.15) is 16.8 Å². The Morgan fingerprint density at radius 3 is 2.77 bits per heavy atom. The molecule has 0 aliphatic carbocycles. The van der Waals surface area contributed by atoms with E-state index < -0.39 is 0 Å². The third-order valence-electron chi connectivity index (χ3n) is 5.43. The van der Waals surface area contributed by atoms with E-state index in [0.29, 0.717) is 13.2 Å². The van der Waals surface area contributed by atoms with Crippen molar-refractivity contribution in [1.29, 1.82) is 0 Å². The smallest absolute Gasteiger partial charge is 0.146 e.